The summed E-state index contributed by atoms with van der Waals surface area (Å²) in [7, 11) is 0. The van der Waals surface area contributed by atoms with Crippen LogP contribution in [0.2, 0.25) is 0 Å². The van der Waals surface area contributed by atoms with Crippen LogP contribution in [0.3, 0.4) is 0 Å². The second kappa shape index (κ2) is 5.78. The number of nitrogens with zero attached hydrogens (tertiary/aromatic N) is 2. The van der Waals surface area contributed by atoms with E-state index < -0.39 is 0 Å². The van der Waals surface area contributed by atoms with Gasteiger partial charge in [-0.1, -0.05) is 41.9 Å². The number of hydrogen-bond donors (Lipinski definition) is 1. The van der Waals surface area contributed by atoms with Gasteiger partial charge < -0.3 is 9.84 Å². The molecule has 1 N–H and O–H groups in total. The Kier molecular flexibility index (Phi) is 4.10. The van der Waals surface area contributed by atoms with E-state index >= 15 is 0 Å². The van der Waals surface area contributed by atoms with Crippen LogP contribution in [0, 0.1) is 13.8 Å². The Morgan fingerprint density at radius 3 is 2.50 bits per heavy atom. The smallest absolute Gasteiger partial charge is 0.240 e. The summed E-state index contributed by atoms with van der Waals surface area (Å²) in [5, 5.41) is 7.22. The Hall–Kier alpha value is -1.68. The summed E-state index contributed by atoms with van der Waals surface area (Å²) in [5.74, 6) is 1.31. The topological polar surface area (TPSA) is 51.0 Å². The first-order valence-corrected chi connectivity index (χ1v) is 6.28. The fourth-order valence-electron chi connectivity index (χ4n) is 1.92. The maximum absolute atomic E-state index is 5.09. The van der Waals surface area contributed by atoms with Crippen LogP contribution >= 0.6 is 0 Å². The van der Waals surface area contributed by atoms with E-state index in [4.69, 9.17) is 4.52 Å². The molecule has 0 aliphatic carbocycles. The van der Waals surface area contributed by atoms with Crippen LogP contribution in [0.15, 0.2) is 28.8 Å². The molecule has 4 heteroatoms. The van der Waals surface area contributed by atoms with Gasteiger partial charge in [0.15, 0.2) is 5.82 Å². The average Bonchev–Trinajstić information content (AvgIpc) is 2.78. The van der Waals surface area contributed by atoms with Crippen molar-refractivity contribution in [3.05, 3.63) is 47.1 Å². The van der Waals surface area contributed by atoms with E-state index in [0.717, 1.165) is 6.42 Å². The molecule has 1 atom stereocenters. The first kappa shape index (κ1) is 12.8. The molecule has 0 amide bonds. The van der Waals surface area contributed by atoms with Gasteiger partial charge in [0.25, 0.3) is 0 Å². The minimum atomic E-state index is 0.317. The zero-order valence-corrected chi connectivity index (χ0v) is 11.1. The molecular formula is C14H19N3O. The third-order valence-electron chi connectivity index (χ3n) is 2.96. The number of aromatic nitrogens is 2. The zero-order chi connectivity index (χ0) is 13.0. The van der Waals surface area contributed by atoms with E-state index in [9.17, 15) is 0 Å². The number of rotatable bonds is 5. The highest BCUT2D eigenvalue weighted by Gasteiger charge is 2.10. The van der Waals surface area contributed by atoms with E-state index in [0.29, 0.717) is 24.3 Å². The average molecular weight is 245 g/mol. The number of benzene rings is 1. The van der Waals surface area contributed by atoms with Gasteiger partial charge in [-0.2, -0.15) is 4.98 Å². The number of nitrogens with one attached hydrogen (secondary N) is 1. The van der Waals surface area contributed by atoms with Gasteiger partial charge in [0, 0.05) is 6.04 Å². The second-order valence-corrected chi connectivity index (χ2v) is 4.49. The fourth-order valence-corrected chi connectivity index (χ4v) is 1.92. The molecule has 0 radical (unpaired) electrons. The van der Waals surface area contributed by atoms with Gasteiger partial charge in [-0.05, 0) is 25.8 Å². The Balaban J connectivity index is 1.99. The Bertz CT molecular complexity index is 490. The molecule has 0 aliphatic rings. The van der Waals surface area contributed by atoms with Crippen molar-refractivity contribution in [2.24, 2.45) is 0 Å². The molecule has 0 saturated carbocycles. The number of aryl methyl sites for hydroxylation is 2. The second-order valence-electron chi connectivity index (χ2n) is 4.49. The Morgan fingerprint density at radius 2 is 1.94 bits per heavy atom. The quantitative estimate of drug-likeness (QED) is 0.880. The maximum atomic E-state index is 5.09. The predicted molar refractivity (Wildman–Crippen MR) is 70.1 cm³/mol. The lowest BCUT2D eigenvalue weighted by Crippen LogP contribution is -2.20. The van der Waals surface area contributed by atoms with Crippen LogP contribution in [0.25, 0.3) is 0 Å². The number of hydrogen-bond acceptors (Lipinski definition) is 4. The van der Waals surface area contributed by atoms with Gasteiger partial charge in [0.1, 0.15) is 0 Å². The molecule has 2 aromatic rings. The summed E-state index contributed by atoms with van der Waals surface area (Å²) in [5.41, 5.74) is 2.57. The Labute approximate surface area is 107 Å². The molecule has 96 valence electrons. The largest absolute Gasteiger partial charge is 0.338 e. The summed E-state index contributed by atoms with van der Waals surface area (Å²) in [6.07, 6.45) is 1.02. The molecule has 1 unspecified atom stereocenters. The first-order valence-electron chi connectivity index (χ1n) is 6.28. The van der Waals surface area contributed by atoms with Gasteiger partial charge in [0.05, 0.1) is 6.54 Å². The van der Waals surface area contributed by atoms with Crippen LogP contribution in [0.4, 0.5) is 0 Å². The molecule has 1 heterocycles. The van der Waals surface area contributed by atoms with Crippen molar-refractivity contribution in [2.45, 2.75) is 39.8 Å². The standard InChI is InChI=1S/C14H19N3O/c1-4-13(12-7-5-10(2)6-8-12)15-9-14-16-11(3)17-18-14/h5-8,13,15H,4,9H2,1-3H3. The third-order valence-corrected chi connectivity index (χ3v) is 2.96. The summed E-state index contributed by atoms with van der Waals surface area (Å²) in [6.45, 7) is 6.69. The SMILES string of the molecule is CCC(NCc1nc(C)no1)c1ccc(C)cc1. The predicted octanol–water partition coefficient (Wildman–Crippen LogP) is 2.93. The summed E-state index contributed by atoms with van der Waals surface area (Å²) >= 11 is 0. The van der Waals surface area contributed by atoms with E-state index in [1.54, 1.807) is 0 Å². The van der Waals surface area contributed by atoms with E-state index in [2.05, 4.69) is 53.6 Å². The van der Waals surface area contributed by atoms with Crippen molar-refractivity contribution in [2.75, 3.05) is 0 Å². The third kappa shape index (κ3) is 3.17. The fraction of sp³-hybridized carbons (Fsp3) is 0.429. The molecule has 0 spiro atoms. The Morgan fingerprint density at radius 1 is 1.22 bits per heavy atom. The zero-order valence-electron chi connectivity index (χ0n) is 11.1. The van der Waals surface area contributed by atoms with Crippen molar-refractivity contribution >= 4 is 0 Å². The van der Waals surface area contributed by atoms with Crippen molar-refractivity contribution in [1.82, 2.24) is 15.5 Å². The van der Waals surface area contributed by atoms with Crippen LogP contribution in [-0.4, -0.2) is 10.1 Å². The van der Waals surface area contributed by atoms with Crippen LogP contribution in [0.1, 0.15) is 42.2 Å². The maximum Gasteiger partial charge on any atom is 0.240 e. The molecule has 2 rings (SSSR count). The minimum Gasteiger partial charge on any atom is -0.338 e. The summed E-state index contributed by atoms with van der Waals surface area (Å²) in [6, 6.07) is 8.91. The van der Waals surface area contributed by atoms with Crippen molar-refractivity contribution in [3.63, 3.8) is 0 Å². The molecule has 4 nitrogen and oxygen atoms in total. The van der Waals surface area contributed by atoms with Gasteiger partial charge >= 0.3 is 0 Å². The molecule has 0 bridgehead atoms. The summed E-state index contributed by atoms with van der Waals surface area (Å²) < 4.78 is 5.09. The van der Waals surface area contributed by atoms with Gasteiger partial charge in [-0.15, -0.1) is 0 Å². The normalized spacial score (nSPS) is 12.6. The van der Waals surface area contributed by atoms with Crippen LogP contribution in [0.5, 0.6) is 0 Å². The van der Waals surface area contributed by atoms with E-state index in [-0.39, 0.29) is 0 Å². The van der Waals surface area contributed by atoms with Gasteiger partial charge in [-0.3, -0.25) is 0 Å². The molecule has 0 fully saturated rings. The monoisotopic (exact) mass is 245 g/mol. The lowest BCUT2D eigenvalue weighted by atomic mass is 10.0. The van der Waals surface area contributed by atoms with E-state index in [1.807, 2.05) is 6.92 Å². The van der Waals surface area contributed by atoms with Crippen molar-refractivity contribution in [1.29, 1.82) is 0 Å². The lowest BCUT2D eigenvalue weighted by Gasteiger charge is -2.16. The summed E-state index contributed by atoms with van der Waals surface area (Å²) in [4.78, 5) is 4.18. The van der Waals surface area contributed by atoms with Crippen molar-refractivity contribution in [3.8, 4) is 0 Å². The molecule has 1 aromatic carbocycles. The van der Waals surface area contributed by atoms with E-state index in [1.165, 1.54) is 11.1 Å². The molecule has 18 heavy (non-hydrogen) atoms. The molecule has 1 aromatic heterocycles. The van der Waals surface area contributed by atoms with Gasteiger partial charge in [0.2, 0.25) is 5.89 Å². The lowest BCUT2D eigenvalue weighted by molar-refractivity contribution is 0.353. The van der Waals surface area contributed by atoms with Crippen LogP contribution < -0.4 is 5.32 Å². The highest BCUT2D eigenvalue weighted by Crippen LogP contribution is 2.17. The molecule has 0 saturated heterocycles. The van der Waals surface area contributed by atoms with Crippen molar-refractivity contribution < 1.29 is 4.52 Å². The highest BCUT2D eigenvalue weighted by molar-refractivity contribution is 5.24. The molecular weight excluding hydrogens is 226 g/mol. The molecule has 0 aliphatic heterocycles. The minimum absolute atomic E-state index is 0.317. The van der Waals surface area contributed by atoms with Crippen LogP contribution in [-0.2, 0) is 6.54 Å². The highest BCUT2D eigenvalue weighted by atomic mass is 16.5. The first-order chi connectivity index (χ1) is 8.69. The van der Waals surface area contributed by atoms with Gasteiger partial charge in [-0.25, -0.2) is 0 Å².